The van der Waals surface area contributed by atoms with Gasteiger partial charge in [0, 0.05) is 24.2 Å². The lowest BCUT2D eigenvalue weighted by molar-refractivity contribution is 0.215. The second-order valence-corrected chi connectivity index (χ2v) is 5.14. The van der Waals surface area contributed by atoms with Crippen LogP contribution >= 0.6 is 11.6 Å². The lowest BCUT2D eigenvalue weighted by Gasteiger charge is -2.23. The number of rotatable bonds is 5. The summed E-state index contributed by atoms with van der Waals surface area (Å²) in [5.74, 6) is 0. The molecule has 0 fully saturated rings. The van der Waals surface area contributed by atoms with E-state index in [0.717, 1.165) is 18.1 Å². The monoisotopic (exact) mass is 252 g/mol. The van der Waals surface area contributed by atoms with Crippen LogP contribution in [-0.4, -0.2) is 18.0 Å². The minimum atomic E-state index is 0.362. The first-order chi connectivity index (χ1) is 8.27. The highest BCUT2D eigenvalue weighted by molar-refractivity contribution is 6.31. The molecule has 0 bridgehead atoms. The molecule has 2 nitrogen and oxygen atoms in total. The average Bonchev–Trinajstić information content (AvgIpc) is 2.69. The molecule has 0 aromatic heterocycles. The van der Waals surface area contributed by atoms with E-state index < -0.39 is 0 Å². The van der Waals surface area contributed by atoms with Crippen LogP contribution < -0.4 is 5.73 Å². The molecule has 1 aromatic rings. The lowest BCUT2D eigenvalue weighted by Crippen LogP contribution is -2.28. The molecule has 0 aliphatic carbocycles. The van der Waals surface area contributed by atoms with E-state index in [4.69, 9.17) is 17.3 Å². The molecule has 1 aliphatic rings. The van der Waals surface area contributed by atoms with E-state index in [0.29, 0.717) is 12.6 Å². The van der Waals surface area contributed by atoms with Gasteiger partial charge < -0.3 is 5.73 Å². The zero-order chi connectivity index (χ0) is 12.3. The third-order valence-corrected chi connectivity index (χ3v) is 3.94. The van der Waals surface area contributed by atoms with E-state index >= 15 is 0 Å². The summed E-state index contributed by atoms with van der Waals surface area (Å²) in [5, 5.41) is 0.888. The van der Waals surface area contributed by atoms with Crippen LogP contribution in [0.5, 0.6) is 0 Å². The fourth-order valence-corrected chi connectivity index (χ4v) is 2.88. The molecule has 2 rings (SSSR count). The predicted octanol–water partition coefficient (Wildman–Crippen LogP) is 3.35. The minimum absolute atomic E-state index is 0.362. The zero-order valence-corrected chi connectivity index (χ0v) is 11.2. The van der Waals surface area contributed by atoms with Gasteiger partial charge in [0.2, 0.25) is 0 Å². The van der Waals surface area contributed by atoms with Crippen molar-refractivity contribution in [3.8, 4) is 0 Å². The quantitative estimate of drug-likeness (QED) is 0.815. The van der Waals surface area contributed by atoms with Crippen LogP contribution in [0.1, 0.15) is 43.4 Å². The Bertz CT molecular complexity index is 378. The average molecular weight is 253 g/mol. The molecular weight excluding hydrogens is 232 g/mol. The van der Waals surface area contributed by atoms with Crippen molar-refractivity contribution in [3.05, 3.63) is 34.3 Å². The molecule has 3 heteroatoms. The van der Waals surface area contributed by atoms with E-state index in [1.807, 2.05) is 12.1 Å². The maximum atomic E-state index is 6.25. The molecule has 0 amide bonds. The van der Waals surface area contributed by atoms with Gasteiger partial charge in [-0.05, 0) is 30.2 Å². The largest absolute Gasteiger partial charge is 0.329 e. The second kappa shape index (κ2) is 5.85. The van der Waals surface area contributed by atoms with Crippen LogP contribution in [-0.2, 0) is 6.54 Å². The summed E-state index contributed by atoms with van der Waals surface area (Å²) in [6.45, 7) is 5.00. The van der Waals surface area contributed by atoms with E-state index in [1.54, 1.807) is 0 Å². The van der Waals surface area contributed by atoms with E-state index in [-0.39, 0.29) is 0 Å². The molecule has 1 heterocycles. The van der Waals surface area contributed by atoms with Crippen molar-refractivity contribution in [2.45, 2.75) is 38.8 Å². The Labute approximate surface area is 109 Å². The second-order valence-electron chi connectivity index (χ2n) is 4.74. The number of halogens is 1. The van der Waals surface area contributed by atoms with E-state index in [2.05, 4.69) is 17.9 Å². The summed E-state index contributed by atoms with van der Waals surface area (Å²) in [6, 6.07) is 6.53. The highest BCUT2D eigenvalue weighted by atomic mass is 35.5. The highest BCUT2D eigenvalue weighted by Gasteiger charge is 2.29. The van der Waals surface area contributed by atoms with Crippen LogP contribution in [0.3, 0.4) is 0 Å². The van der Waals surface area contributed by atoms with Crippen molar-refractivity contribution in [1.29, 1.82) is 0 Å². The van der Waals surface area contributed by atoms with Gasteiger partial charge in [-0.3, -0.25) is 4.90 Å². The van der Waals surface area contributed by atoms with Crippen molar-refractivity contribution in [2.75, 3.05) is 13.1 Å². The Balaban J connectivity index is 2.11. The van der Waals surface area contributed by atoms with Crippen molar-refractivity contribution in [3.63, 3.8) is 0 Å². The molecule has 17 heavy (non-hydrogen) atoms. The Hall–Kier alpha value is -0.570. The van der Waals surface area contributed by atoms with Crippen molar-refractivity contribution in [2.24, 2.45) is 5.73 Å². The normalized spacial score (nSPS) is 19.6. The molecule has 0 spiro atoms. The predicted molar refractivity (Wildman–Crippen MR) is 73.2 cm³/mol. The molecule has 2 N–H and O–H groups in total. The number of unbranched alkanes of at least 4 members (excludes halogenated alkanes) is 2. The van der Waals surface area contributed by atoms with Gasteiger partial charge >= 0.3 is 0 Å². The van der Waals surface area contributed by atoms with Gasteiger partial charge in [-0.1, -0.05) is 43.5 Å². The molecule has 1 aromatic carbocycles. The first-order valence-corrected chi connectivity index (χ1v) is 6.87. The Morgan fingerprint density at radius 2 is 2.24 bits per heavy atom. The maximum absolute atomic E-state index is 6.25. The molecule has 0 radical (unpaired) electrons. The van der Waals surface area contributed by atoms with Crippen LogP contribution in [0.15, 0.2) is 18.2 Å². The van der Waals surface area contributed by atoms with E-state index in [1.165, 1.54) is 30.4 Å². The smallest absolute Gasteiger partial charge is 0.0477 e. The van der Waals surface area contributed by atoms with Gasteiger partial charge in [0.1, 0.15) is 0 Å². The number of hydrogen-bond acceptors (Lipinski definition) is 2. The standard InChI is InChI=1S/C14H21ClN2/c1-2-3-4-8-17-10-12-11(14(17)9-16)6-5-7-13(12)15/h5-7,14H,2-4,8-10,16H2,1H3. The topological polar surface area (TPSA) is 29.3 Å². The van der Waals surface area contributed by atoms with Gasteiger partial charge in [0.25, 0.3) is 0 Å². The van der Waals surface area contributed by atoms with Crippen LogP contribution in [0.25, 0.3) is 0 Å². The molecule has 94 valence electrons. The number of nitrogens with zero attached hydrogens (tertiary/aromatic N) is 1. The molecule has 1 unspecified atom stereocenters. The first-order valence-electron chi connectivity index (χ1n) is 6.49. The maximum Gasteiger partial charge on any atom is 0.0477 e. The summed E-state index contributed by atoms with van der Waals surface area (Å²) in [4.78, 5) is 2.46. The zero-order valence-electron chi connectivity index (χ0n) is 10.5. The van der Waals surface area contributed by atoms with Crippen LogP contribution in [0.2, 0.25) is 5.02 Å². The third-order valence-electron chi connectivity index (χ3n) is 3.59. The number of hydrogen-bond donors (Lipinski definition) is 1. The first kappa shape index (κ1) is 12.9. The molecule has 1 atom stereocenters. The van der Waals surface area contributed by atoms with Crippen LogP contribution in [0.4, 0.5) is 0 Å². The summed E-state index contributed by atoms with van der Waals surface area (Å²) in [7, 11) is 0. The number of fused-ring (bicyclic) bond motifs is 1. The fourth-order valence-electron chi connectivity index (χ4n) is 2.64. The minimum Gasteiger partial charge on any atom is -0.329 e. The summed E-state index contributed by atoms with van der Waals surface area (Å²) in [5.41, 5.74) is 8.52. The van der Waals surface area contributed by atoms with Crippen molar-refractivity contribution >= 4 is 11.6 Å². The van der Waals surface area contributed by atoms with Crippen molar-refractivity contribution < 1.29 is 0 Å². The summed E-state index contributed by atoms with van der Waals surface area (Å²) < 4.78 is 0. The van der Waals surface area contributed by atoms with Gasteiger partial charge in [-0.15, -0.1) is 0 Å². The molecule has 0 saturated heterocycles. The van der Waals surface area contributed by atoms with Crippen LogP contribution in [0, 0.1) is 0 Å². The Kier molecular flexibility index (Phi) is 4.43. The van der Waals surface area contributed by atoms with Gasteiger partial charge in [-0.2, -0.15) is 0 Å². The van der Waals surface area contributed by atoms with E-state index in [9.17, 15) is 0 Å². The molecule has 0 saturated carbocycles. The summed E-state index contributed by atoms with van der Waals surface area (Å²) >= 11 is 6.25. The number of nitrogens with two attached hydrogens (primary N) is 1. The van der Waals surface area contributed by atoms with Gasteiger partial charge in [0.05, 0.1) is 0 Å². The molecular formula is C14H21ClN2. The SMILES string of the molecule is CCCCCN1Cc2c(Cl)cccc2C1CN. The summed E-state index contributed by atoms with van der Waals surface area (Å²) in [6.07, 6.45) is 3.80. The fraction of sp³-hybridized carbons (Fsp3) is 0.571. The third kappa shape index (κ3) is 2.65. The number of benzene rings is 1. The Morgan fingerprint density at radius 1 is 1.41 bits per heavy atom. The Morgan fingerprint density at radius 3 is 2.94 bits per heavy atom. The highest BCUT2D eigenvalue weighted by Crippen LogP contribution is 2.36. The lowest BCUT2D eigenvalue weighted by atomic mass is 10.1. The van der Waals surface area contributed by atoms with Gasteiger partial charge in [0.15, 0.2) is 0 Å². The van der Waals surface area contributed by atoms with Gasteiger partial charge in [-0.25, -0.2) is 0 Å². The molecule has 1 aliphatic heterocycles. The van der Waals surface area contributed by atoms with Crippen molar-refractivity contribution in [1.82, 2.24) is 4.90 Å².